The molecule has 0 aliphatic heterocycles. The number of carbonyl (C=O) groups excluding carboxylic acids is 1. The van der Waals surface area contributed by atoms with Crippen LogP contribution in [0.15, 0.2) is 47.3 Å². The number of rotatable bonds is 7. The van der Waals surface area contributed by atoms with Gasteiger partial charge >= 0.3 is 11.9 Å². The SMILES string of the molecule is NC(=O)c1nc(Cn2nc(-c3ccc(Cl)cc3)n(CCC(F)(F)F)c2=O)nn1-c1ccc(F)cc1Cl. The van der Waals surface area contributed by atoms with Crippen molar-refractivity contribution in [3.8, 4) is 17.1 Å². The summed E-state index contributed by atoms with van der Waals surface area (Å²) in [5.41, 5.74) is 4.97. The van der Waals surface area contributed by atoms with Crippen molar-refractivity contribution >= 4 is 29.1 Å². The van der Waals surface area contributed by atoms with E-state index >= 15 is 0 Å². The first-order valence-electron chi connectivity index (χ1n) is 10.1. The van der Waals surface area contributed by atoms with Crippen LogP contribution in [0.25, 0.3) is 17.1 Å². The molecule has 0 bridgehead atoms. The number of halogens is 6. The standard InChI is InChI=1S/C21H15Cl2F4N7O2/c22-12-3-1-11(2-4-12)18-31-33(20(36)32(18)8-7-21(25,26)27)10-16-29-19(17(28)35)34(30-16)15-6-5-13(24)9-14(15)23/h1-6,9H,7-8,10H2,(H2,28,35). The molecule has 188 valence electrons. The van der Waals surface area contributed by atoms with Crippen LogP contribution in [0.2, 0.25) is 10.0 Å². The minimum absolute atomic E-state index is 0.0305. The Bertz CT molecular complexity index is 1490. The first-order valence-corrected chi connectivity index (χ1v) is 10.9. The Kier molecular flexibility index (Phi) is 6.87. The zero-order valence-electron chi connectivity index (χ0n) is 18.0. The third-order valence-electron chi connectivity index (χ3n) is 4.94. The maximum Gasteiger partial charge on any atom is 0.390 e. The zero-order valence-corrected chi connectivity index (χ0v) is 19.5. The van der Waals surface area contributed by atoms with Gasteiger partial charge in [-0.15, -0.1) is 10.2 Å². The maximum absolute atomic E-state index is 13.5. The van der Waals surface area contributed by atoms with Crippen LogP contribution in [0.5, 0.6) is 0 Å². The molecule has 0 aliphatic rings. The smallest absolute Gasteiger partial charge is 0.363 e. The van der Waals surface area contributed by atoms with E-state index in [1.165, 1.54) is 30.3 Å². The van der Waals surface area contributed by atoms with Crippen LogP contribution in [-0.2, 0) is 13.1 Å². The Labute approximate surface area is 209 Å². The highest BCUT2D eigenvalue weighted by atomic mass is 35.5. The number of nitrogens with two attached hydrogens (primary N) is 1. The average Bonchev–Trinajstić information content (AvgIpc) is 3.34. The molecule has 2 heterocycles. The van der Waals surface area contributed by atoms with Crippen LogP contribution in [0.3, 0.4) is 0 Å². The number of hydrogen-bond acceptors (Lipinski definition) is 5. The zero-order chi connectivity index (χ0) is 26.2. The molecule has 2 aromatic carbocycles. The molecule has 2 aromatic heterocycles. The molecule has 0 atom stereocenters. The van der Waals surface area contributed by atoms with Gasteiger partial charge in [-0.2, -0.15) is 13.2 Å². The molecule has 0 aliphatic carbocycles. The number of nitrogens with zero attached hydrogens (tertiary/aromatic N) is 6. The molecule has 2 N–H and O–H groups in total. The fraction of sp³-hybridized carbons (Fsp3) is 0.190. The number of aromatic nitrogens is 6. The predicted molar refractivity (Wildman–Crippen MR) is 122 cm³/mol. The van der Waals surface area contributed by atoms with Crippen molar-refractivity contribution < 1.29 is 22.4 Å². The Morgan fingerprint density at radius 1 is 1.06 bits per heavy atom. The molecule has 4 rings (SSSR count). The molecule has 0 saturated heterocycles. The number of hydrogen-bond donors (Lipinski definition) is 1. The van der Waals surface area contributed by atoms with Crippen molar-refractivity contribution in [2.24, 2.45) is 5.73 Å². The molecule has 0 unspecified atom stereocenters. The summed E-state index contributed by atoms with van der Waals surface area (Å²) in [7, 11) is 0. The third-order valence-corrected chi connectivity index (χ3v) is 5.50. The van der Waals surface area contributed by atoms with Gasteiger partial charge in [0.1, 0.15) is 12.4 Å². The van der Waals surface area contributed by atoms with E-state index in [1.54, 1.807) is 0 Å². The van der Waals surface area contributed by atoms with Gasteiger partial charge in [-0.1, -0.05) is 23.2 Å². The van der Waals surface area contributed by atoms with Crippen LogP contribution in [-0.4, -0.2) is 41.2 Å². The molecule has 1 amide bonds. The Morgan fingerprint density at radius 3 is 2.36 bits per heavy atom. The van der Waals surface area contributed by atoms with Crippen molar-refractivity contribution in [2.45, 2.75) is 25.7 Å². The van der Waals surface area contributed by atoms with Gasteiger partial charge in [0.15, 0.2) is 11.6 Å². The number of primary amides is 1. The van der Waals surface area contributed by atoms with E-state index in [0.29, 0.717) is 10.6 Å². The van der Waals surface area contributed by atoms with Gasteiger partial charge in [-0.3, -0.25) is 9.36 Å². The Hall–Kier alpha value is -3.71. The van der Waals surface area contributed by atoms with E-state index < -0.39 is 43.1 Å². The van der Waals surface area contributed by atoms with Gasteiger partial charge in [-0.25, -0.2) is 23.5 Å². The number of carbonyl (C=O) groups is 1. The molecular formula is C21H15Cl2F4N7O2. The monoisotopic (exact) mass is 543 g/mol. The highest BCUT2D eigenvalue weighted by Gasteiger charge is 2.29. The lowest BCUT2D eigenvalue weighted by atomic mass is 10.2. The van der Waals surface area contributed by atoms with Gasteiger partial charge in [-0.05, 0) is 42.5 Å². The summed E-state index contributed by atoms with van der Waals surface area (Å²) in [5.74, 6) is -2.12. The summed E-state index contributed by atoms with van der Waals surface area (Å²) in [4.78, 5) is 28.9. The van der Waals surface area contributed by atoms with Gasteiger partial charge < -0.3 is 5.73 Å². The van der Waals surface area contributed by atoms with Crippen LogP contribution in [0, 0.1) is 5.82 Å². The quantitative estimate of drug-likeness (QED) is 0.356. The third kappa shape index (κ3) is 5.41. The second-order valence-electron chi connectivity index (χ2n) is 7.51. The summed E-state index contributed by atoms with van der Waals surface area (Å²) in [6.45, 7) is -1.09. The Balaban J connectivity index is 1.76. The normalized spacial score (nSPS) is 11.7. The average molecular weight is 544 g/mol. The summed E-state index contributed by atoms with van der Waals surface area (Å²) in [5, 5.41) is 8.59. The maximum atomic E-state index is 13.5. The van der Waals surface area contributed by atoms with Crippen molar-refractivity contribution in [2.75, 3.05) is 0 Å². The fourth-order valence-electron chi connectivity index (χ4n) is 3.33. The fourth-order valence-corrected chi connectivity index (χ4v) is 3.71. The Morgan fingerprint density at radius 2 is 1.75 bits per heavy atom. The van der Waals surface area contributed by atoms with Crippen LogP contribution < -0.4 is 11.4 Å². The molecule has 0 spiro atoms. The lowest BCUT2D eigenvalue weighted by Gasteiger charge is -2.08. The lowest BCUT2D eigenvalue weighted by molar-refractivity contribution is -0.136. The van der Waals surface area contributed by atoms with Gasteiger partial charge in [0, 0.05) is 17.1 Å². The molecule has 4 aromatic rings. The summed E-state index contributed by atoms with van der Waals surface area (Å²) < 4.78 is 54.8. The van der Waals surface area contributed by atoms with Crippen molar-refractivity contribution in [1.82, 2.24) is 29.1 Å². The predicted octanol–water partition coefficient (Wildman–Crippen LogP) is 3.84. The first-order chi connectivity index (χ1) is 16.9. The lowest BCUT2D eigenvalue weighted by Crippen LogP contribution is -2.27. The highest BCUT2D eigenvalue weighted by Crippen LogP contribution is 2.24. The van der Waals surface area contributed by atoms with Crippen LogP contribution in [0.1, 0.15) is 22.9 Å². The van der Waals surface area contributed by atoms with Crippen molar-refractivity contribution in [3.63, 3.8) is 0 Å². The van der Waals surface area contributed by atoms with Gasteiger partial charge in [0.05, 0.1) is 17.1 Å². The summed E-state index contributed by atoms with van der Waals surface area (Å²) in [6, 6.07) is 9.35. The van der Waals surface area contributed by atoms with E-state index in [0.717, 1.165) is 26.1 Å². The molecule has 9 nitrogen and oxygen atoms in total. The second kappa shape index (κ2) is 9.74. The van der Waals surface area contributed by atoms with Crippen LogP contribution in [0.4, 0.5) is 17.6 Å². The summed E-state index contributed by atoms with van der Waals surface area (Å²) in [6.07, 6.45) is -5.77. The van der Waals surface area contributed by atoms with Crippen LogP contribution >= 0.6 is 23.2 Å². The van der Waals surface area contributed by atoms with E-state index in [-0.39, 0.29) is 28.2 Å². The van der Waals surface area contributed by atoms with E-state index in [1.807, 2.05) is 0 Å². The summed E-state index contributed by atoms with van der Waals surface area (Å²) >= 11 is 11.9. The number of amides is 1. The second-order valence-corrected chi connectivity index (χ2v) is 8.35. The van der Waals surface area contributed by atoms with Crippen molar-refractivity contribution in [3.05, 3.63) is 80.5 Å². The molecule has 0 saturated carbocycles. The minimum Gasteiger partial charge on any atom is -0.363 e. The van der Waals surface area contributed by atoms with Crippen molar-refractivity contribution in [1.29, 1.82) is 0 Å². The topological polar surface area (TPSA) is 114 Å². The van der Waals surface area contributed by atoms with E-state index in [9.17, 15) is 27.2 Å². The number of benzene rings is 2. The number of alkyl halides is 3. The molecule has 0 radical (unpaired) electrons. The molecule has 0 fully saturated rings. The van der Waals surface area contributed by atoms with E-state index in [4.69, 9.17) is 28.9 Å². The van der Waals surface area contributed by atoms with E-state index in [2.05, 4.69) is 15.2 Å². The minimum atomic E-state index is -4.51. The first kappa shape index (κ1) is 25.4. The van der Waals surface area contributed by atoms with Gasteiger partial charge in [0.2, 0.25) is 5.82 Å². The highest BCUT2D eigenvalue weighted by molar-refractivity contribution is 6.32. The largest absolute Gasteiger partial charge is 0.390 e. The molecule has 15 heteroatoms. The van der Waals surface area contributed by atoms with Gasteiger partial charge in [0.25, 0.3) is 5.91 Å². The molecular weight excluding hydrogens is 529 g/mol. The molecule has 36 heavy (non-hydrogen) atoms.